The topological polar surface area (TPSA) is 3.24 Å². The first-order valence-electron chi connectivity index (χ1n) is 14.7. The van der Waals surface area contributed by atoms with Gasteiger partial charge in [-0.15, -0.1) is 0 Å². The highest BCUT2D eigenvalue weighted by molar-refractivity contribution is 5.83. The molecular weight excluding hydrogens is 518 g/mol. The Hall–Kier alpha value is -5.66. The molecule has 0 atom stereocenters. The second kappa shape index (κ2) is 12.1. The number of nitrogens with zero attached hydrogens (tertiary/aromatic N) is 1. The van der Waals surface area contributed by atoms with E-state index in [1.54, 1.807) is 0 Å². The highest BCUT2D eigenvalue weighted by Crippen LogP contribution is 2.38. The Morgan fingerprint density at radius 2 is 0.535 bits per heavy atom. The van der Waals surface area contributed by atoms with E-state index in [-0.39, 0.29) is 0 Å². The molecule has 1 heteroatoms. The van der Waals surface area contributed by atoms with E-state index in [0.29, 0.717) is 0 Å². The summed E-state index contributed by atoms with van der Waals surface area (Å²) in [5, 5.41) is 0. The van der Waals surface area contributed by atoms with Gasteiger partial charge in [0.2, 0.25) is 0 Å². The van der Waals surface area contributed by atoms with Crippen molar-refractivity contribution in [3.05, 3.63) is 188 Å². The number of rotatable bonds is 7. The molecule has 7 aromatic carbocycles. The molecule has 0 bridgehead atoms. The minimum absolute atomic E-state index is 1.11. The molecule has 0 fully saturated rings. The number of benzene rings is 7. The van der Waals surface area contributed by atoms with Crippen molar-refractivity contribution in [2.75, 3.05) is 4.90 Å². The van der Waals surface area contributed by atoms with E-state index in [1.807, 2.05) is 0 Å². The lowest BCUT2D eigenvalue weighted by molar-refractivity contribution is 1.28. The van der Waals surface area contributed by atoms with Gasteiger partial charge >= 0.3 is 0 Å². The first-order valence-corrected chi connectivity index (χ1v) is 14.7. The van der Waals surface area contributed by atoms with Gasteiger partial charge in [-0.25, -0.2) is 0 Å². The fourth-order valence-electron chi connectivity index (χ4n) is 5.65. The van der Waals surface area contributed by atoms with Crippen molar-refractivity contribution in [1.29, 1.82) is 0 Å². The second-order valence-corrected chi connectivity index (χ2v) is 10.7. The van der Waals surface area contributed by atoms with Crippen molar-refractivity contribution in [2.45, 2.75) is 0 Å². The molecule has 7 aromatic rings. The Kier molecular flexibility index (Phi) is 7.36. The molecule has 0 saturated heterocycles. The van der Waals surface area contributed by atoms with Gasteiger partial charge < -0.3 is 4.90 Å². The fourth-order valence-corrected chi connectivity index (χ4v) is 5.65. The van der Waals surface area contributed by atoms with Crippen LogP contribution in [0.3, 0.4) is 0 Å². The minimum Gasteiger partial charge on any atom is -0.310 e. The summed E-state index contributed by atoms with van der Waals surface area (Å²) in [4.78, 5) is 2.34. The van der Waals surface area contributed by atoms with Crippen LogP contribution in [0.4, 0.5) is 17.1 Å². The van der Waals surface area contributed by atoms with E-state index in [1.165, 1.54) is 44.5 Å². The van der Waals surface area contributed by atoms with Crippen molar-refractivity contribution in [2.24, 2.45) is 0 Å². The molecule has 0 saturated carbocycles. The lowest BCUT2D eigenvalue weighted by Gasteiger charge is -2.26. The molecule has 7 rings (SSSR count). The van der Waals surface area contributed by atoms with Crippen molar-refractivity contribution < 1.29 is 0 Å². The van der Waals surface area contributed by atoms with Gasteiger partial charge in [0.1, 0.15) is 0 Å². The third kappa shape index (κ3) is 5.75. The minimum atomic E-state index is 1.11. The SMILES string of the molecule is c1ccc(-c2ccc(N(c3ccc(-c4ccccc4)cc3)c3cccc(-c4cccc(-c5ccccc5)c4)c3)cc2)cc1. The molecule has 0 amide bonds. The van der Waals surface area contributed by atoms with Crippen LogP contribution in [-0.2, 0) is 0 Å². The summed E-state index contributed by atoms with van der Waals surface area (Å²) in [7, 11) is 0. The van der Waals surface area contributed by atoms with Gasteiger partial charge in [0.15, 0.2) is 0 Å². The maximum atomic E-state index is 2.34. The first-order chi connectivity index (χ1) is 21.3. The maximum Gasteiger partial charge on any atom is 0.0467 e. The maximum absolute atomic E-state index is 2.34. The molecule has 1 nitrogen and oxygen atoms in total. The third-order valence-electron chi connectivity index (χ3n) is 7.87. The summed E-state index contributed by atoms with van der Waals surface area (Å²) in [6.45, 7) is 0. The van der Waals surface area contributed by atoms with E-state index in [4.69, 9.17) is 0 Å². The van der Waals surface area contributed by atoms with E-state index >= 15 is 0 Å². The highest BCUT2D eigenvalue weighted by atomic mass is 15.1. The molecule has 0 aromatic heterocycles. The van der Waals surface area contributed by atoms with E-state index in [2.05, 4.69) is 193 Å². The molecule has 0 aliphatic heterocycles. The molecule has 0 heterocycles. The van der Waals surface area contributed by atoms with Crippen LogP contribution in [0, 0.1) is 0 Å². The first kappa shape index (κ1) is 26.3. The third-order valence-corrected chi connectivity index (χ3v) is 7.87. The highest BCUT2D eigenvalue weighted by Gasteiger charge is 2.14. The van der Waals surface area contributed by atoms with Crippen molar-refractivity contribution >= 4 is 17.1 Å². The summed E-state index contributed by atoms with van der Waals surface area (Å²) in [6.07, 6.45) is 0. The molecule has 0 aliphatic rings. The molecule has 0 aliphatic carbocycles. The fraction of sp³-hybridized carbons (Fsp3) is 0. The van der Waals surface area contributed by atoms with Crippen LogP contribution in [-0.4, -0.2) is 0 Å². The monoisotopic (exact) mass is 549 g/mol. The number of hydrogen-bond donors (Lipinski definition) is 0. The van der Waals surface area contributed by atoms with Crippen LogP contribution >= 0.6 is 0 Å². The normalized spacial score (nSPS) is 10.8. The van der Waals surface area contributed by atoms with Gasteiger partial charge in [-0.2, -0.15) is 0 Å². The Morgan fingerprint density at radius 3 is 1.00 bits per heavy atom. The molecule has 0 unspecified atom stereocenters. The van der Waals surface area contributed by atoms with Gasteiger partial charge in [0.25, 0.3) is 0 Å². The van der Waals surface area contributed by atoms with Gasteiger partial charge in [-0.05, 0) is 87.0 Å². The average Bonchev–Trinajstić information content (AvgIpc) is 3.10. The zero-order chi connectivity index (χ0) is 28.8. The Balaban J connectivity index is 1.29. The summed E-state index contributed by atoms with van der Waals surface area (Å²) in [5.41, 5.74) is 13.0. The second-order valence-electron chi connectivity index (χ2n) is 10.7. The van der Waals surface area contributed by atoms with E-state index in [9.17, 15) is 0 Å². The smallest absolute Gasteiger partial charge is 0.0467 e. The van der Waals surface area contributed by atoms with Gasteiger partial charge in [-0.3, -0.25) is 0 Å². The zero-order valence-corrected chi connectivity index (χ0v) is 23.8. The van der Waals surface area contributed by atoms with E-state index in [0.717, 1.165) is 17.1 Å². The average molecular weight is 550 g/mol. The quantitative estimate of drug-likeness (QED) is 0.191. The summed E-state index contributed by atoms with van der Waals surface area (Å²) in [5.74, 6) is 0. The number of hydrogen-bond acceptors (Lipinski definition) is 1. The van der Waals surface area contributed by atoms with Crippen LogP contribution in [0.1, 0.15) is 0 Å². The summed E-state index contributed by atoms with van der Waals surface area (Å²) >= 11 is 0. The zero-order valence-electron chi connectivity index (χ0n) is 23.8. The molecule has 204 valence electrons. The number of anilines is 3. The van der Waals surface area contributed by atoms with Gasteiger partial charge in [0, 0.05) is 17.1 Å². The standard InChI is InChI=1S/C42H31N/c1-4-12-32(13-5-1)35-22-26-40(27-23-35)43(41-28-24-36(25-29-41)33-14-6-2-7-15-33)42-21-11-20-39(31-42)38-19-10-18-37(30-38)34-16-8-3-9-17-34/h1-31H. The van der Waals surface area contributed by atoms with Crippen LogP contribution in [0.25, 0.3) is 44.5 Å². The molecule has 43 heavy (non-hydrogen) atoms. The Bertz CT molecular complexity index is 1840. The predicted octanol–water partition coefficient (Wildman–Crippen LogP) is 11.8. The van der Waals surface area contributed by atoms with Crippen LogP contribution in [0.2, 0.25) is 0 Å². The van der Waals surface area contributed by atoms with Crippen LogP contribution in [0.5, 0.6) is 0 Å². The molecule has 0 spiro atoms. The lowest BCUT2D eigenvalue weighted by Crippen LogP contribution is -2.10. The van der Waals surface area contributed by atoms with Crippen molar-refractivity contribution in [1.82, 2.24) is 0 Å². The van der Waals surface area contributed by atoms with Gasteiger partial charge in [-0.1, -0.05) is 146 Å². The van der Waals surface area contributed by atoms with Crippen LogP contribution in [0.15, 0.2) is 188 Å². The van der Waals surface area contributed by atoms with E-state index < -0.39 is 0 Å². The van der Waals surface area contributed by atoms with Crippen molar-refractivity contribution in [3.8, 4) is 44.5 Å². The van der Waals surface area contributed by atoms with Crippen molar-refractivity contribution in [3.63, 3.8) is 0 Å². The van der Waals surface area contributed by atoms with Crippen LogP contribution < -0.4 is 4.90 Å². The molecular formula is C42H31N. The predicted molar refractivity (Wildman–Crippen MR) is 183 cm³/mol. The molecule has 0 N–H and O–H groups in total. The Morgan fingerprint density at radius 1 is 0.209 bits per heavy atom. The van der Waals surface area contributed by atoms with Gasteiger partial charge in [0.05, 0.1) is 0 Å². The largest absolute Gasteiger partial charge is 0.310 e. The molecule has 0 radical (unpaired) electrons. The lowest BCUT2D eigenvalue weighted by atomic mass is 9.98. The summed E-state index contributed by atoms with van der Waals surface area (Å²) in [6, 6.07) is 67.0. The Labute approximate surface area is 254 Å². The summed E-state index contributed by atoms with van der Waals surface area (Å²) < 4.78 is 0.